The molecule has 0 amide bonds. The Morgan fingerprint density at radius 1 is 1.44 bits per heavy atom. The number of hydrogen-bond acceptors (Lipinski definition) is 4. The molecule has 2 rings (SSSR count). The van der Waals surface area contributed by atoms with E-state index in [2.05, 4.69) is 27.8 Å². The largest absolute Gasteiger partial charge is 0.378 e. The van der Waals surface area contributed by atoms with E-state index in [1.807, 2.05) is 0 Å². The van der Waals surface area contributed by atoms with Gasteiger partial charge < -0.3 is 10.6 Å². The zero-order chi connectivity index (χ0) is 11.5. The van der Waals surface area contributed by atoms with E-state index in [1.165, 1.54) is 0 Å². The van der Waals surface area contributed by atoms with Crippen LogP contribution in [0.15, 0.2) is 6.07 Å². The molecule has 2 N–H and O–H groups in total. The van der Waals surface area contributed by atoms with Crippen molar-refractivity contribution in [2.75, 3.05) is 11.9 Å². The van der Waals surface area contributed by atoms with Crippen LogP contribution in [0.1, 0.15) is 19.8 Å². The molecule has 1 aliphatic rings. The first-order valence-corrected chi connectivity index (χ1v) is 6.11. The third kappa shape index (κ3) is 2.75. The van der Waals surface area contributed by atoms with Crippen molar-refractivity contribution >= 4 is 28.9 Å². The minimum atomic E-state index is 0.350. The highest BCUT2D eigenvalue weighted by atomic mass is 35.5. The first-order chi connectivity index (χ1) is 7.66. The molecule has 0 aromatic carbocycles. The number of nitrogens with one attached hydrogen (secondary N) is 2. The van der Waals surface area contributed by atoms with Crippen molar-refractivity contribution in [3.05, 3.63) is 16.4 Å². The van der Waals surface area contributed by atoms with E-state index in [1.54, 1.807) is 6.07 Å². The Balaban J connectivity index is 2.10. The predicted octanol–water partition coefficient (Wildman–Crippen LogP) is 2.34. The van der Waals surface area contributed by atoms with Crippen molar-refractivity contribution in [1.82, 2.24) is 15.5 Å². The number of hydrogen-bond donors (Lipinski definition) is 2. The molecule has 88 valence electrons. The number of aromatic nitrogens is 2. The maximum Gasteiger partial charge on any atom is 0.174 e. The monoisotopic (exact) mass is 260 g/mol. The molecular weight excluding hydrogens is 247 g/mol. The van der Waals surface area contributed by atoms with Crippen LogP contribution in [-0.2, 0) is 0 Å². The van der Waals surface area contributed by atoms with Gasteiger partial charge in [-0.05, 0) is 26.3 Å². The fourth-order valence-corrected chi connectivity index (χ4v) is 2.19. The number of anilines is 1. The number of rotatable bonds is 2. The molecule has 4 nitrogen and oxygen atoms in total. The third-order valence-corrected chi connectivity index (χ3v) is 3.29. The van der Waals surface area contributed by atoms with E-state index in [0.29, 0.717) is 22.4 Å². The highest BCUT2D eigenvalue weighted by Crippen LogP contribution is 2.23. The van der Waals surface area contributed by atoms with Crippen LogP contribution in [0.2, 0.25) is 10.3 Å². The summed E-state index contributed by atoms with van der Waals surface area (Å²) in [4.78, 5) is 0. The Kier molecular flexibility index (Phi) is 3.84. The van der Waals surface area contributed by atoms with Gasteiger partial charge in [0.1, 0.15) is 0 Å². The molecular formula is C10H14Cl2N4. The summed E-state index contributed by atoms with van der Waals surface area (Å²) in [6.45, 7) is 3.23. The predicted molar refractivity (Wildman–Crippen MR) is 66.2 cm³/mol. The molecule has 1 aromatic rings. The number of nitrogens with zero attached hydrogens (tertiary/aromatic N) is 2. The molecule has 0 spiro atoms. The fraction of sp³-hybridized carbons (Fsp3) is 0.600. The lowest BCUT2D eigenvalue weighted by atomic mass is 10.00. The van der Waals surface area contributed by atoms with Crippen molar-refractivity contribution in [3.8, 4) is 0 Å². The lowest BCUT2D eigenvalue weighted by molar-refractivity contribution is 0.389. The van der Waals surface area contributed by atoms with Gasteiger partial charge in [-0.2, -0.15) is 0 Å². The molecule has 0 aliphatic carbocycles. The molecule has 2 atom stereocenters. The van der Waals surface area contributed by atoms with Crippen LogP contribution in [0, 0.1) is 0 Å². The van der Waals surface area contributed by atoms with E-state index in [-0.39, 0.29) is 0 Å². The van der Waals surface area contributed by atoms with Gasteiger partial charge in [0.2, 0.25) is 0 Å². The molecule has 0 saturated carbocycles. The fourth-order valence-electron chi connectivity index (χ4n) is 1.90. The normalized spacial score (nSPS) is 25.4. The van der Waals surface area contributed by atoms with Crippen LogP contribution in [0.5, 0.6) is 0 Å². The Labute approximate surface area is 105 Å². The van der Waals surface area contributed by atoms with Gasteiger partial charge in [0.05, 0.1) is 5.69 Å². The van der Waals surface area contributed by atoms with Crippen LogP contribution < -0.4 is 10.6 Å². The van der Waals surface area contributed by atoms with Crippen molar-refractivity contribution in [2.45, 2.75) is 31.8 Å². The maximum atomic E-state index is 5.95. The van der Waals surface area contributed by atoms with Crippen LogP contribution in [0.4, 0.5) is 5.69 Å². The highest BCUT2D eigenvalue weighted by Gasteiger charge is 2.21. The zero-order valence-electron chi connectivity index (χ0n) is 9.00. The Morgan fingerprint density at radius 3 is 3.00 bits per heavy atom. The summed E-state index contributed by atoms with van der Waals surface area (Å²) in [7, 11) is 0. The van der Waals surface area contributed by atoms with Gasteiger partial charge in [-0.15, -0.1) is 10.2 Å². The Bertz CT molecular complexity index is 372. The Hall–Kier alpha value is -0.580. The van der Waals surface area contributed by atoms with Gasteiger partial charge in [-0.3, -0.25) is 0 Å². The molecule has 16 heavy (non-hydrogen) atoms. The van der Waals surface area contributed by atoms with Crippen molar-refractivity contribution in [2.24, 2.45) is 0 Å². The third-order valence-electron chi connectivity index (χ3n) is 2.82. The molecule has 2 heterocycles. The average molecular weight is 261 g/mol. The number of halogens is 2. The Morgan fingerprint density at radius 2 is 2.25 bits per heavy atom. The summed E-state index contributed by atoms with van der Waals surface area (Å²) in [5.74, 6) is 0. The molecule has 0 radical (unpaired) electrons. The summed E-state index contributed by atoms with van der Waals surface area (Å²) in [6.07, 6.45) is 2.27. The van der Waals surface area contributed by atoms with E-state index in [4.69, 9.17) is 23.2 Å². The lowest BCUT2D eigenvalue weighted by Crippen LogP contribution is -2.46. The van der Waals surface area contributed by atoms with E-state index in [0.717, 1.165) is 25.1 Å². The van der Waals surface area contributed by atoms with Gasteiger partial charge in [0, 0.05) is 18.2 Å². The lowest BCUT2D eigenvalue weighted by Gasteiger charge is -2.31. The van der Waals surface area contributed by atoms with Crippen molar-refractivity contribution in [3.63, 3.8) is 0 Å². The van der Waals surface area contributed by atoms with Gasteiger partial charge in [0.15, 0.2) is 10.3 Å². The molecule has 1 aliphatic heterocycles. The SMILES string of the molecule is CC1NCCCC1Nc1cc(Cl)nnc1Cl. The number of piperidine rings is 1. The molecule has 1 aromatic heterocycles. The second-order valence-corrected chi connectivity index (χ2v) is 4.75. The molecule has 2 unspecified atom stereocenters. The summed E-state index contributed by atoms with van der Waals surface area (Å²) < 4.78 is 0. The van der Waals surface area contributed by atoms with E-state index >= 15 is 0 Å². The first-order valence-electron chi connectivity index (χ1n) is 5.35. The second kappa shape index (κ2) is 5.17. The van der Waals surface area contributed by atoms with Crippen LogP contribution in [-0.4, -0.2) is 28.8 Å². The van der Waals surface area contributed by atoms with E-state index in [9.17, 15) is 0 Å². The molecule has 6 heteroatoms. The molecule has 1 fully saturated rings. The quantitative estimate of drug-likeness (QED) is 0.857. The van der Waals surface area contributed by atoms with Crippen molar-refractivity contribution < 1.29 is 0 Å². The summed E-state index contributed by atoms with van der Waals surface area (Å²) in [6, 6.07) is 2.47. The summed E-state index contributed by atoms with van der Waals surface area (Å²) in [5, 5.41) is 14.9. The van der Waals surface area contributed by atoms with Gasteiger partial charge in [-0.25, -0.2) is 0 Å². The molecule has 0 bridgehead atoms. The standard InChI is InChI=1S/C10H14Cl2N4/c1-6-7(3-2-4-13-6)14-8-5-9(11)15-16-10(8)12/h5-7,13H,2-4H2,1H3,(H,14,15). The van der Waals surface area contributed by atoms with Gasteiger partial charge in [0.25, 0.3) is 0 Å². The minimum absolute atomic E-state index is 0.350. The van der Waals surface area contributed by atoms with Crippen molar-refractivity contribution in [1.29, 1.82) is 0 Å². The van der Waals surface area contributed by atoms with Crippen LogP contribution in [0.25, 0.3) is 0 Å². The first kappa shape index (κ1) is 11.9. The smallest absolute Gasteiger partial charge is 0.174 e. The second-order valence-electron chi connectivity index (χ2n) is 4.01. The minimum Gasteiger partial charge on any atom is -0.378 e. The topological polar surface area (TPSA) is 49.8 Å². The summed E-state index contributed by atoms with van der Waals surface area (Å²) in [5.41, 5.74) is 0.752. The maximum absolute atomic E-state index is 5.95. The summed E-state index contributed by atoms with van der Waals surface area (Å²) >= 11 is 11.7. The highest BCUT2D eigenvalue weighted by molar-refractivity contribution is 6.33. The van der Waals surface area contributed by atoms with Gasteiger partial charge >= 0.3 is 0 Å². The molecule has 1 saturated heterocycles. The van der Waals surface area contributed by atoms with Gasteiger partial charge in [-0.1, -0.05) is 23.2 Å². The van der Waals surface area contributed by atoms with Crippen LogP contribution >= 0.6 is 23.2 Å². The van der Waals surface area contributed by atoms with Crippen LogP contribution in [0.3, 0.4) is 0 Å². The van der Waals surface area contributed by atoms with E-state index < -0.39 is 0 Å². The zero-order valence-corrected chi connectivity index (χ0v) is 10.5. The average Bonchev–Trinajstić information content (AvgIpc) is 2.27.